The zero-order valence-electron chi connectivity index (χ0n) is 49.1. The van der Waals surface area contributed by atoms with Crippen molar-refractivity contribution >= 4 is 53.2 Å². The summed E-state index contributed by atoms with van der Waals surface area (Å²) < 4.78 is 0. The summed E-state index contributed by atoms with van der Waals surface area (Å²) in [5.41, 5.74) is 5.85. The molecule has 0 aromatic rings. The lowest BCUT2D eigenvalue weighted by atomic mass is 9.95. The van der Waals surface area contributed by atoms with Crippen LogP contribution in [0, 0.1) is 35.5 Å². The van der Waals surface area contributed by atoms with E-state index in [4.69, 9.17) is 5.73 Å². The number of aliphatic hydroxyl groups excluding tert-OH is 2. The third kappa shape index (κ3) is 30.4. The number of nitrogens with two attached hydrogens (primary N) is 1. The van der Waals surface area contributed by atoms with Crippen molar-refractivity contribution in [2.75, 3.05) is 0 Å². The molecular formula is C56H103N9O12. The molecule has 0 aliphatic rings. The minimum absolute atomic E-state index is 0.0234. The van der Waals surface area contributed by atoms with E-state index in [0.717, 1.165) is 32.1 Å². The molecule has 0 saturated carbocycles. The van der Waals surface area contributed by atoms with Crippen LogP contribution in [0.1, 0.15) is 193 Å². The van der Waals surface area contributed by atoms with Gasteiger partial charge in [-0.1, -0.05) is 135 Å². The fourth-order valence-electron chi connectivity index (χ4n) is 8.68. The molecule has 0 aliphatic heterocycles. The molecule has 0 aromatic carbocycles. The lowest BCUT2D eigenvalue weighted by Crippen LogP contribution is -2.62. The van der Waals surface area contributed by atoms with Gasteiger partial charge in [-0.15, -0.1) is 0 Å². The van der Waals surface area contributed by atoms with Crippen LogP contribution in [0.2, 0.25) is 0 Å². The van der Waals surface area contributed by atoms with E-state index >= 15 is 0 Å². The van der Waals surface area contributed by atoms with Gasteiger partial charge in [-0.05, 0) is 87.4 Å². The Morgan fingerprint density at radius 1 is 0.455 bits per heavy atom. The smallest absolute Gasteiger partial charge is 0.326 e. The van der Waals surface area contributed by atoms with Gasteiger partial charge in [0.15, 0.2) is 0 Å². The van der Waals surface area contributed by atoms with Crippen molar-refractivity contribution in [1.82, 2.24) is 42.5 Å². The fourth-order valence-corrected chi connectivity index (χ4v) is 8.68. The maximum Gasteiger partial charge on any atom is 0.326 e. The molecule has 0 heterocycles. The van der Waals surface area contributed by atoms with Gasteiger partial charge in [-0.25, -0.2) is 4.79 Å². The molecular weight excluding hydrogens is 991 g/mol. The van der Waals surface area contributed by atoms with Gasteiger partial charge in [0.05, 0.1) is 24.7 Å². The van der Waals surface area contributed by atoms with E-state index in [2.05, 4.69) is 56.0 Å². The van der Waals surface area contributed by atoms with E-state index in [1.54, 1.807) is 27.7 Å². The molecule has 11 unspecified atom stereocenters. The van der Waals surface area contributed by atoms with E-state index in [-0.39, 0.29) is 80.4 Å². The number of carbonyl (C=O) groups excluding carboxylic acids is 8. The second-order valence-electron chi connectivity index (χ2n) is 23.2. The van der Waals surface area contributed by atoms with Gasteiger partial charge in [-0.3, -0.25) is 38.4 Å². The zero-order valence-corrected chi connectivity index (χ0v) is 49.1. The van der Waals surface area contributed by atoms with Crippen molar-refractivity contribution in [3.8, 4) is 0 Å². The highest BCUT2D eigenvalue weighted by molar-refractivity contribution is 5.97. The molecule has 0 radical (unpaired) electrons. The van der Waals surface area contributed by atoms with Crippen LogP contribution >= 0.6 is 0 Å². The molecule has 0 aromatic heterocycles. The largest absolute Gasteiger partial charge is 0.480 e. The van der Waals surface area contributed by atoms with E-state index in [0.29, 0.717) is 25.0 Å². The molecule has 21 heteroatoms. The first-order chi connectivity index (χ1) is 35.8. The summed E-state index contributed by atoms with van der Waals surface area (Å²) in [6.45, 7) is 29.6. The van der Waals surface area contributed by atoms with Gasteiger partial charge in [0.1, 0.15) is 42.3 Å². The van der Waals surface area contributed by atoms with Gasteiger partial charge in [0, 0.05) is 12.1 Å². The number of primary amides is 1. The summed E-state index contributed by atoms with van der Waals surface area (Å²) in [4.78, 5) is 121. The first-order valence-corrected chi connectivity index (χ1v) is 28.3. The Bertz CT molecular complexity index is 1880. The van der Waals surface area contributed by atoms with Crippen LogP contribution in [0.5, 0.6) is 0 Å². The average Bonchev–Trinajstić information content (AvgIpc) is 3.30. The predicted molar refractivity (Wildman–Crippen MR) is 298 cm³/mol. The quantitative estimate of drug-likeness (QED) is 0.0386. The molecule has 444 valence electrons. The van der Waals surface area contributed by atoms with Crippen molar-refractivity contribution in [2.24, 2.45) is 41.2 Å². The van der Waals surface area contributed by atoms with Crippen LogP contribution in [-0.4, -0.2) is 129 Å². The second kappa shape index (κ2) is 37.5. The van der Waals surface area contributed by atoms with Crippen molar-refractivity contribution in [1.29, 1.82) is 0 Å². The number of hydrogen-bond donors (Lipinski definition) is 12. The Balaban J connectivity index is 6.61. The third-order valence-corrected chi connectivity index (χ3v) is 13.1. The van der Waals surface area contributed by atoms with Crippen LogP contribution < -0.4 is 48.3 Å². The van der Waals surface area contributed by atoms with Crippen LogP contribution in [0.15, 0.2) is 12.3 Å². The molecule has 8 amide bonds. The van der Waals surface area contributed by atoms with Crippen LogP contribution in [0.25, 0.3) is 0 Å². The number of amides is 8. The molecule has 0 spiro atoms. The molecule has 0 bridgehead atoms. The van der Waals surface area contributed by atoms with Crippen molar-refractivity contribution in [2.45, 2.75) is 254 Å². The lowest BCUT2D eigenvalue weighted by molar-refractivity contribution is -0.143. The zero-order chi connectivity index (χ0) is 59.3. The summed E-state index contributed by atoms with van der Waals surface area (Å²) in [5, 5.41) is 53.2. The second-order valence-corrected chi connectivity index (χ2v) is 23.2. The normalized spacial score (nSPS) is 15.9. The number of nitrogens with one attached hydrogen (secondary N) is 8. The Morgan fingerprint density at radius 3 is 1.30 bits per heavy atom. The number of hydrogen-bond acceptors (Lipinski definition) is 12. The fraction of sp³-hybridized carbons (Fsp3) is 0.804. The van der Waals surface area contributed by atoms with Crippen LogP contribution in [0.4, 0.5) is 0 Å². The monoisotopic (exact) mass is 1090 g/mol. The Kier molecular flexibility index (Phi) is 34.9. The van der Waals surface area contributed by atoms with Crippen molar-refractivity contribution < 1.29 is 58.5 Å². The summed E-state index contributed by atoms with van der Waals surface area (Å²) in [6, 6.07) is -9.64. The van der Waals surface area contributed by atoms with Gasteiger partial charge in [0.25, 0.3) is 0 Å². The maximum atomic E-state index is 14.2. The van der Waals surface area contributed by atoms with Gasteiger partial charge >= 0.3 is 5.97 Å². The SMILES string of the molecule is C=C(NC(CC(C)C)C(=O)NC(CCC(N)=O)C(=O)NC(CC(C)C)C(=O)NC(C(=O)NC(C(=O)NC(CC(C)C)C(=O)NC(CC(C)C)C(=O)O)C(C)CC)C(C)O)C(CC(C)C)NC(=O)CC(O)CCCCCCC. The highest BCUT2D eigenvalue weighted by atomic mass is 16.4. The van der Waals surface area contributed by atoms with Gasteiger partial charge < -0.3 is 63.6 Å². The molecule has 21 nitrogen and oxygen atoms in total. The lowest BCUT2D eigenvalue weighted by Gasteiger charge is -2.31. The number of carboxylic acid groups (broad SMARTS) is 1. The average molecular weight is 1090 g/mol. The molecule has 0 rings (SSSR count). The first-order valence-electron chi connectivity index (χ1n) is 28.3. The predicted octanol–water partition coefficient (Wildman–Crippen LogP) is 3.97. The third-order valence-electron chi connectivity index (χ3n) is 13.1. The van der Waals surface area contributed by atoms with Gasteiger partial charge in [0.2, 0.25) is 47.3 Å². The van der Waals surface area contributed by atoms with Gasteiger partial charge in [-0.2, -0.15) is 0 Å². The Morgan fingerprint density at radius 2 is 0.844 bits per heavy atom. The molecule has 13 N–H and O–H groups in total. The Labute approximate surface area is 460 Å². The molecule has 0 fully saturated rings. The minimum Gasteiger partial charge on any atom is -0.480 e. The van der Waals surface area contributed by atoms with Crippen molar-refractivity contribution in [3.05, 3.63) is 12.3 Å². The first kappa shape index (κ1) is 71.7. The highest BCUT2D eigenvalue weighted by Crippen LogP contribution is 2.18. The minimum atomic E-state index is -1.66. The summed E-state index contributed by atoms with van der Waals surface area (Å²) in [5.74, 6) is -7.99. The standard InChI is InChI=1S/C56H103N9O12/c1-16-18-19-20-21-22-39(67)30-47(69)59-41(25-31(3)4)37(14)58-42(26-32(5)6)51(71)60-40(23-24-46(57)68)50(70)61-44(28-34(9)10)53(73)65-49(38(15)66)55(75)64-48(36(13)17-2)54(74)62-43(27-33(7)8)52(72)63-45(56(76)77)29-35(11)12/h31-36,38-45,48-49,58,66-67H,14,16-30H2,1-13,15H3,(H2,57,68)(H,59,69)(H,60,71)(H,61,70)(H,62,74)(H,63,72)(H,64,75)(H,65,73)(H,76,77). The maximum absolute atomic E-state index is 14.2. The number of carboxylic acids is 1. The molecule has 0 aliphatic carbocycles. The number of unbranched alkanes of at least 4 members (excludes halogenated alkanes) is 4. The van der Waals surface area contributed by atoms with E-state index in [1.165, 1.54) is 6.92 Å². The van der Waals surface area contributed by atoms with E-state index in [1.807, 2.05) is 55.4 Å². The van der Waals surface area contributed by atoms with Crippen molar-refractivity contribution in [3.63, 3.8) is 0 Å². The molecule has 0 saturated heterocycles. The summed E-state index contributed by atoms with van der Waals surface area (Å²) in [6.07, 6.45) is 3.98. The topological polar surface area (TPSA) is 337 Å². The Hall–Kier alpha value is -5.31. The number of aliphatic carboxylic acids is 1. The summed E-state index contributed by atoms with van der Waals surface area (Å²) in [7, 11) is 0. The van der Waals surface area contributed by atoms with Crippen LogP contribution in [-0.2, 0) is 43.2 Å². The molecule has 11 atom stereocenters. The summed E-state index contributed by atoms with van der Waals surface area (Å²) >= 11 is 0. The highest BCUT2D eigenvalue weighted by Gasteiger charge is 2.37. The van der Waals surface area contributed by atoms with E-state index in [9.17, 15) is 58.5 Å². The number of carbonyl (C=O) groups is 9. The van der Waals surface area contributed by atoms with Crippen LogP contribution in [0.3, 0.4) is 0 Å². The molecule has 77 heavy (non-hydrogen) atoms. The van der Waals surface area contributed by atoms with E-state index < -0.39 is 114 Å². The number of rotatable bonds is 41. The number of aliphatic hydroxyl groups is 2.